The van der Waals surface area contributed by atoms with E-state index in [1.165, 1.54) is 5.56 Å². The number of methoxy groups -OCH3 is 1. The summed E-state index contributed by atoms with van der Waals surface area (Å²) in [6.45, 7) is 3.64. The van der Waals surface area contributed by atoms with Crippen molar-refractivity contribution in [2.24, 2.45) is 0 Å². The lowest BCUT2D eigenvalue weighted by Gasteiger charge is -2.05. The van der Waals surface area contributed by atoms with Crippen LogP contribution in [0.3, 0.4) is 0 Å². The van der Waals surface area contributed by atoms with Crippen molar-refractivity contribution in [3.8, 4) is 0 Å². The first-order valence-corrected chi connectivity index (χ1v) is 4.54. The molecule has 0 atom stereocenters. The van der Waals surface area contributed by atoms with Crippen LogP contribution < -0.4 is 5.32 Å². The number of anilines is 1. The van der Waals surface area contributed by atoms with Crippen LogP contribution >= 0.6 is 0 Å². The van der Waals surface area contributed by atoms with Crippen LogP contribution in [-0.2, 0) is 11.2 Å². The van der Waals surface area contributed by atoms with Gasteiger partial charge in [0.05, 0.1) is 6.61 Å². The van der Waals surface area contributed by atoms with Crippen molar-refractivity contribution >= 4 is 5.82 Å². The fraction of sp³-hybridized carbons (Fsp3) is 0.500. The summed E-state index contributed by atoms with van der Waals surface area (Å²) < 4.78 is 4.93. The van der Waals surface area contributed by atoms with Gasteiger partial charge in [0.25, 0.3) is 0 Å². The van der Waals surface area contributed by atoms with E-state index in [1.807, 2.05) is 12.3 Å². The van der Waals surface area contributed by atoms with E-state index < -0.39 is 0 Å². The van der Waals surface area contributed by atoms with Crippen molar-refractivity contribution in [3.05, 3.63) is 23.9 Å². The van der Waals surface area contributed by atoms with Crippen LogP contribution in [0.1, 0.15) is 12.5 Å². The van der Waals surface area contributed by atoms with Crippen LogP contribution in [-0.4, -0.2) is 25.2 Å². The third-order valence-corrected chi connectivity index (χ3v) is 1.84. The maximum absolute atomic E-state index is 4.93. The minimum Gasteiger partial charge on any atom is -0.383 e. The Morgan fingerprint density at radius 2 is 2.38 bits per heavy atom. The molecule has 0 saturated heterocycles. The van der Waals surface area contributed by atoms with E-state index in [-0.39, 0.29) is 0 Å². The van der Waals surface area contributed by atoms with Crippen molar-refractivity contribution in [2.45, 2.75) is 13.3 Å². The Hall–Kier alpha value is -1.09. The minimum atomic E-state index is 0.706. The van der Waals surface area contributed by atoms with Gasteiger partial charge in [0.15, 0.2) is 0 Å². The van der Waals surface area contributed by atoms with Crippen LogP contribution in [0.4, 0.5) is 5.82 Å². The summed E-state index contributed by atoms with van der Waals surface area (Å²) in [7, 11) is 1.69. The highest BCUT2D eigenvalue weighted by atomic mass is 16.5. The molecule has 0 aromatic carbocycles. The number of nitrogens with zero attached hydrogens (tertiary/aromatic N) is 1. The second kappa shape index (κ2) is 5.54. The predicted molar refractivity (Wildman–Crippen MR) is 54.0 cm³/mol. The number of rotatable bonds is 5. The number of nitrogens with one attached hydrogen (secondary N) is 1. The summed E-state index contributed by atoms with van der Waals surface area (Å²) >= 11 is 0. The molecule has 1 rings (SSSR count). The molecule has 1 N–H and O–H groups in total. The van der Waals surface area contributed by atoms with Gasteiger partial charge in [0.1, 0.15) is 5.82 Å². The molecular formula is C10H16N2O. The molecule has 0 aliphatic carbocycles. The van der Waals surface area contributed by atoms with Crippen LogP contribution in [0.15, 0.2) is 18.3 Å². The van der Waals surface area contributed by atoms with Gasteiger partial charge < -0.3 is 10.1 Å². The molecule has 1 aromatic heterocycles. The first-order valence-electron chi connectivity index (χ1n) is 4.54. The van der Waals surface area contributed by atoms with Crippen molar-refractivity contribution < 1.29 is 4.74 Å². The SMILES string of the molecule is CCc1ccnc(NCCOC)c1. The Morgan fingerprint density at radius 3 is 3.08 bits per heavy atom. The quantitative estimate of drug-likeness (QED) is 0.700. The highest BCUT2D eigenvalue weighted by Crippen LogP contribution is 2.06. The number of aryl methyl sites for hydroxylation is 1. The third kappa shape index (κ3) is 3.42. The monoisotopic (exact) mass is 180 g/mol. The molecule has 0 spiro atoms. The van der Waals surface area contributed by atoms with Crippen LogP contribution in [0.5, 0.6) is 0 Å². The number of pyridine rings is 1. The zero-order valence-corrected chi connectivity index (χ0v) is 8.21. The number of hydrogen-bond acceptors (Lipinski definition) is 3. The van der Waals surface area contributed by atoms with E-state index in [4.69, 9.17) is 4.74 Å². The molecule has 0 amide bonds. The highest BCUT2D eigenvalue weighted by molar-refractivity contribution is 5.37. The summed E-state index contributed by atoms with van der Waals surface area (Å²) in [5.74, 6) is 0.927. The van der Waals surface area contributed by atoms with Gasteiger partial charge in [-0.2, -0.15) is 0 Å². The van der Waals surface area contributed by atoms with Gasteiger partial charge in [-0.3, -0.25) is 0 Å². The molecule has 13 heavy (non-hydrogen) atoms. The van der Waals surface area contributed by atoms with E-state index in [0.29, 0.717) is 6.61 Å². The number of ether oxygens (including phenoxy) is 1. The van der Waals surface area contributed by atoms with Crippen LogP contribution in [0, 0.1) is 0 Å². The molecule has 0 unspecified atom stereocenters. The predicted octanol–water partition coefficient (Wildman–Crippen LogP) is 1.70. The van der Waals surface area contributed by atoms with Crippen molar-refractivity contribution in [1.82, 2.24) is 4.98 Å². The summed E-state index contributed by atoms with van der Waals surface area (Å²) in [4.78, 5) is 4.19. The normalized spacial score (nSPS) is 10.0. The van der Waals surface area contributed by atoms with Gasteiger partial charge >= 0.3 is 0 Å². The Kier molecular flexibility index (Phi) is 4.26. The fourth-order valence-corrected chi connectivity index (χ4v) is 1.07. The number of aromatic nitrogens is 1. The smallest absolute Gasteiger partial charge is 0.126 e. The zero-order valence-electron chi connectivity index (χ0n) is 8.21. The molecule has 3 nitrogen and oxygen atoms in total. The molecule has 0 aliphatic rings. The first-order chi connectivity index (χ1) is 6.36. The van der Waals surface area contributed by atoms with Crippen LogP contribution in [0.25, 0.3) is 0 Å². The summed E-state index contributed by atoms with van der Waals surface area (Å²) in [5.41, 5.74) is 1.30. The zero-order chi connectivity index (χ0) is 9.52. The molecule has 1 heterocycles. The molecule has 0 aliphatic heterocycles. The van der Waals surface area contributed by atoms with Gasteiger partial charge in [-0.05, 0) is 24.1 Å². The summed E-state index contributed by atoms with van der Waals surface area (Å²) in [6.07, 6.45) is 2.87. The Morgan fingerprint density at radius 1 is 1.54 bits per heavy atom. The lowest BCUT2D eigenvalue weighted by atomic mass is 10.2. The molecule has 0 fully saturated rings. The maximum atomic E-state index is 4.93. The maximum Gasteiger partial charge on any atom is 0.126 e. The fourth-order valence-electron chi connectivity index (χ4n) is 1.07. The van der Waals surface area contributed by atoms with E-state index in [2.05, 4.69) is 23.3 Å². The Balaban J connectivity index is 2.46. The lowest BCUT2D eigenvalue weighted by Crippen LogP contribution is -2.08. The topological polar surface area (TPSA) is 34.2 Å². The van der Waals surface area contributed by atoms with Gasteiger partial charge in [0.2, 0.25) is 0 Å². The molecule has 0 radical (unpaired) electrons. The number of hydrogen-bond donors (Lipinski definition) is 1. The van der Waals surface area contributed by atoms with Gasteiger partial charge in [-0.25, -0.2) is 4.98 Å². The van der Waals surface area contributed by atoms with Crippen molar-refractivity contribution in [3.63, 3.8) is 0 Å². The molecule has 0 bridgehead atoms. The Bertz CT molecular complexity index is 250. The van der Waals surface area contributed by atoms with E-state index in [0.717, 1.165) is 18.8 Å². The van der Waals surface area contributed by atoms with Crippen molar-refractivity contribution in [2.75, 3.05) is 25.6 Å². The lowest BCUT2D eigenvalue weighted by molar-refractivity contribution is 0.210. The second-order valence-corrected chi connectivity index (χ2v) is 2.82. The standard InChI is InChI=1S/C10H16N2O/c1-3-9-4-5-11-10(8-9)12-6-7-13-2/h4-5,8H,3,6-7H2,1-2H3,(H,11,12). The minimum absolute atomic E-state index is 0.706. The van der Waals surface area contributed by atoms with E-state index in [1.54, 1.807) is 7.11 Å². The molecular weight excluding hydrogens is 164 g/mol. The summed E-state index contributed by atoms with van der Waals surface area (Å²) in [5, 5.41) is 3.18. The highest BCUT2D eigenvalue weighted by Gasteiger charge is 1.93. The molecule has 72 valence electrons. The second-order valence-electron chi connectivity index (χ2n) is 2.82. The van der Waals surface area contributed by atoms with E-state index >= 15 is 0 Å². The molecule has 3 heteroatoms. The third-order valence-electron chi connectivity index (χ3n) is 1.84. The van der Waals surface area contributed by atoms with Crippen LogP contribution in [0.2, 0.25) is 0 Å². The van der Waals surface area contributed by atoms with Crippen molar-refractivity contribution in [1.29, 1.82) is 0 Å². The van der Waals surface area contributed by atoms with Gasteiger partial charge in [-0.15, -0.1) is 0 Å². The first kappa shape index (κ1) is 9.99. The van der Waals surface area contributed by atoms with Gasteiger partial charge in [0, 0.05) is 19.9 Å². The van der Waals surface area contributed by atoms with E-state index in [9.17, 15) is 0 Å². The Labute approximate surface area is 79.1 Å². The van der Waals surface area contributed by atoms with Gasteiger partial charge in [-0.1, -0.05) is 6.92 Å². The largest absolute Gasteiger partial charge is 0.383 e. The molecule has 1 aromatic rings. The average Bonchev–Trinajstić information content (AvgIpc) is 2.19. The molecule has 0 saturated carbocycles. The average molecular weight is 180 g/mol. The summed E-state index contributed by atoms with van der Waals surface area (Å²) in [6, 6.07) is 4.09.